The van der Waals surface area contributed by atoms with E-state index in [2.05, 4.69) is 16.7 Å². The molecule has 6 heteroatoms. The van der Waals surface area contributed by atoms with Crippen LogP contribution in [-0.4, -0.2) is 19.6 Å². The number of hydrogen-bond donors (Lipinski definition) is 3. The minimum absolute atomic E-state index is 0.141. The zero-order chi connectivity index (χ0) is 18.7. The first-order chi connectivity index (χ1) is 11.8. The van der Waals surface area contributed by atoms with E-state index >= 15 is 0 Å². The zero-order valence-corrected chi connectivity index (χ0v) is 14.8. The van der Waals surface area contributed by atoms with Crippen molar-refractivity contribution in [2.75, 3.05) is 25.4 Å². The van der Waals surface area contributed by atoms with Crippen molar-refractivity contribution in [2.45, 2.75) is 45.2 Å². The van der Waals surface area contributed by atoms with Gasteiger partial charge in [-0.1, -0.05) is 12.8 Å². The molecule has 1 aliphatic heterocycles. The highest BCUT2D eigenvalue weighted by atomic mass is 19.4. The summed E-state index contributed by atoms with van der Waals surface area (Å²) in [7, 11) is 0. The number of benzene rings is 1. The second kappa shape index (κ2) is 10.9. The summed E-state index contributed by atoms with van der Waals surface area (Å²) in [6.07, 6.45) is 7.42. The molecule has 2 rings (SSSR count). The first-order valence-electron chi connectivity index (χ1n) is 8.66. The molecular formula is C19H28F3N3. The molecule has 1 aliphatic rings. The van der Waals surface area contributed by atoms with Crippen LogP contribution in [0.5, 0.6) is 0 Å². The standard InChI is InChI=1S/C11H20N2.C8H8F3N/c1-2-12-8-4-3-6-11-7-5-9-13-10-11;1-5-2-6(8(9,10)11)4-7(12)3-5/h1,11-13H,3-10H2;2-4H,12H2,1H3. The number of hydrogen-bond acceptors (Lipinski definition) is 3. The Morgan fingerprint density at radius 2 is 2.08 bits per heavy atom. The minimum Gasteiger partial charge on any atom is -0.399 e. The van der Waals surface area contributed by atoms with Gasteiger partial charge >= 0.3 is 6.18 Å². The lowest BCUT2D eigenvalue weighted by atomic mass is 9.94. The average Bonchev–Trinajstić information content (AvgIpc) is 2.55. The number of unbranched alkanes of at least 4 members (excludes halogenated alkanes) is 1. The second-order valence-electron chi connectivity index (χ2n) is 6.41. The van der Waals surface area contributed by atoms with Crippen molar-refractivity contribution < 1.29 is 13.2 Å². The van der Waals surface area contributed by atoms with Crippen molar-refractivity contribution in [3.05, 3.63) is 29.3 Å². The normalized spacial score (nSPS) is 17.2. The molecule has 25 heavy (non-hydrogen) atoms. The maximum Gasteiger partial charge on any atom is 0.416 e. The highest BCUT2D eigenvalue weighted by molar-refractivity contribution is 5.45. The van der Waals surface area contributed by atoms with Crippen LogP contribution in [0.25, 0.3) is 0 Å². The number of halogens is 3. The van der Waals surface area contributed by atoms with Gasteiger partial charge < -0.3 is 16.4 Å². The summed E-state index contributed by atoms with van der Waals surface area (Å²) in [4.78, 5) is 0. The van der Waals surface area contributed by atoms with Crippen molar-refractivity contribution in [1.82, 2.24) is 10.6 Å². The summed E-state index contributed by atoms with van der Waals surface area (Å²) in [5.41, 5.74) is 5.22. The summed E-state index contributed by atoms with van der Waals surface area (Å²) in [5, 5.41) is 6.34. The summed E-state index contributed by atoms with van der Waals surface area (Å²) in [5.74, 6) is 0.916. The van der Waals surface area contributed by atoms with Gasteiger partial charge in [-0.2, -0.15) is 13.2 Å². The number of piperidine rings is 1. The third-order valence-electron chi connectivity index (χ3n) is 4.09. The number of anilines is 1. The van der Waals surface area contributed by atoms with E-state index in [1.54, 1.807) is 6.92 Å². The monoisotopic (exact) mass is 355 g/mol. The van der Waals surface area contributed by atoms with Gasteiger partial charge in [0.05, 0.1) is 5.56 Å². The topological polar surface area (TPSA) is 50.1 Å². The molecular weight excluding hydrogens is 327 g/mol. The molecule has 1 aromatic carbocycles. The fourth-order valence-corrected chi connectivity index (χ4v) is 2.87. The van der Waals surface area contributed by atoms with Crippen molar-refractivity contribution >= 4 is 5.69 Å². The van der Waals surface area contributed by atoms with Gasteiger partial charge in [0.1, 0.15) is 0 Å². The minimum atomic E-state index is -4.31. The first kappa shape index (κ1) is 21.2. The van der Waals surface area contributed by atoms with Crippen LogP contribution >= 0.6 is 0 Å². The Morgan fingerprint density at radius 1 is 1.32 bits per heavy atom. The number of terminal acetylenes is 1. The first-order valence-corrected chi connectivity index (χ1v) is 8.66. The maximum atomic E-state index is 12.1. The van der Waals surface area contributed by atoms with Crippen LogP contribution in [0.3, 0.4) is 0 Å². The molecule has 0 saturated carbocycles. The molecule has 1 fully saturated rings. The van der Waals surface area contributed by atoms with Gasteiger partial charge in [0.15, 0.2) is 0 Å². The van der Waals surface area contributed by atoms with E-state index < -0.39 is 11.7 Å². The summed E-state index contributed by atoms with van der Waals surface area (Å²) in [6, 6.07) is 5.93. The van der Waals surface area contributed by atoms with Gasteiger partial charge in [-0.3, -0.25) is 0 Å². The molecule has 0 radical (unpaired) electrons. The Balaban J connectivity index is 0.000000251. The third-order valence-corrected chi connectivity index (χ3v) is 4.09. The van der Waals surface area contributed by atoms with Crippen LogP contribution in [0, 0.1) is 25.3 Å². The number of nitrogen functional groups attached to an aromatic ring is 1. The largest absolute Gasteiger partial charge is 0.416 e. The summed E-state index contributed by atoms with van der Waals surface area (Å²) in [6.45, 7) is 4.99. The van der Waals surface area contributed by atoms with E-state index in [1.807, 2.05) is 0 Å². The lowest BCUT2D eigenvalue weighted by Crippen LogP contribution is -2.29. The van der Waals surface area contributed by atoms with Gasteiger partial charge in [0.25, 0.3) is 0 Å². The molecule has 1 atom stereocenters. The predicted molar refractivity (Wildman–Crippen MR) is 96.9 cm³/mol. The van der Waals surface area contributed by atoms with Crippen molar-refractivity contribution in [3.63, 3.8) is 0 Å². The molecule has 0 amide bonds. The predicted octanol–water partition coefficient (Wildman–Crippen LogP) is 3.93. The zero-order valence-electron chi connectivity index (χ0n) is 14.8. The molecule has 3 nitrogen and oxygen atoms in total. The fraction of sp³-hybridized carbons (Fsp3) is 0.579. The van der Waals surface area contributed by atoms with Crippen LogP contribution in [-0.2, 0) is 6.18 Å². The molecule has 0 aromatic heterocycles. The number of nitrogens with two attached hydrogens (primary N) is 1. The molecule has 1 heterocycles. The van der Waals surface area contributed by atoms with Crippen molar-refractivity contribution in [3.8, 4) is 12.5 Å². The smallest absolute Gasteiger partial charge is 0.399 e. The van der Waals surface area contributed by atoms with E-state index in [4.69, 9.17) is 12.2 Å². The van der Waals surface area contributed by atoms with E-state index in [-0.39, 0.29) is 5.69 Å². The van der Waals surface area contributed by atoms with E-state index in [9.17, 15) is 13.2 Å². The third kappa shape index (κ3) is 9.25. The number of aryl methyl sites for hydroxylation is 1. The molecule has 0 aliphatic carbocycles. The molecule has 140 valence electrons. The Morgan fingerprint density at radius 3 is 2.64 bits per heavy atom. The Hall–Kier alpha value is -1.87. The van der Waals surface area contributed by atoms with Gasteiger partial charge in [-0.15, -0.1) is 0 Å². The number of rotatable bonds is 5. The Labute approximate surface area is 148 Å². The fourth-order valence-electron chi connectivity index (χ4n) is 2.87. The molecule has 0 bridgehead atoms. The maximum absolute atomic E-state index is 12.1. The average molecular weight is 355 g/mol. The van der Waals surface area contributed by atoms with Crippen LogP contribution in [0.1, 0.15) is 43.2 Å². The van der Waals surface area contributed by atoms with Crippen LogP contribution in [0.2, 0.25) is 0 Å². The van der Waals surface area contributed by atoms with E-state index in [1.165, 1.54) is 51.3 Å². The van der Waals surface area contributed by atoms with Gasteiger partial charge in [-0.25, -0.2) is 0 Å². The van der Waals surface area contributed by atoms with Crippen molar-refractivity contribution in [1.29, 1.82) is 0 Å². The summed E-state index contributed by atoms with van der Waals surface area (Å²) >= 11 is 0. The molecule has 0 spiro atoms. The molecule has 4 N–H and O–H groups in total. The highest BCUT2D eigenvalue weighted by Crippen LogP contribution is 2.30. The molecule has 1 saturated heterocycles. The lowest BCUT2D eigenvalue weighted by molar-refractivity contribution is -0.137. The SMILES string of the molecule is C#CNCCCCC1CCCNC1.Cc1cc(N)cc(C(F)(F)F)c1. The van der Waals surface area contributed by atoms with Gasteiger partial charge in [-0.05, 0) is 75.4 Å². The number of nitrogens with one attached hydrogen (secondary N) is 2. The van der Waals surface area contributed by atoms with Crippen LogP contribution < -0.4 is 16.4 Å². The molecule has 1 aromatic rings. The van der Waals surface area contributed by atoms with Crippen LogP contribution in [0.15, 0.2) is 18.2 Å². The summed E-state index contributed by atoms with van der Waals surface area (Å²) < 4.78 is 36.3. The van der Waals surface area contributed by atoms with E-state index in [0.29, 0.717) is 5.56 Å². The van der Waals surface area contributed by atoms with E-state index in [0.717, 1.165) is 24.6 Å². The lowest BCUT2D eigenvalue weighted by Gasteiger charge is -2.22. The number of alkyl halides is 3. The quantitative estimate of drug-likeness (QED) is 0.325. The Bertz CT molecular complexity index is 524. The van der Waals surface area contributed by atoms with Crippen LogP contribution in [0.4, 0.5) is 18.9 Å². The second-order valence-corrected chi connectivity index (χ2v) is 6.41. The van der Waals surface area contributed by atoms with Gasteiger partial charge in [0, 0.05) is 18.3 Å². The Kier molecular flexibility index (Phi) is 9.22. The van der Waals surface area contributed by atoms with Gasteiger partial charge in [0.2, 0.25) is 0 Å². The van der Waals surface area contributed by atoms with Crippen molar-refractivity contribution in [2.24, 2.45) is 5.92 Å². The highest BCUT2D eigenvalue weighted by Gasteiger charge is 2.30. The molecule has 1 unspecified atom stereocenters.